The molecule has 128 valence electrons. The van der Waals surface area contributed by atoms with E-state index in [2.05, 4.69) is 5.32 Å². The summed E-state index contributed by atoms with van der Waals surface area (Å²) in [4.78, 5) is 25.7. The monoisotopic (exact) mass is 341 g/mol. The van der Waals surface area contributed by atoms with Crippen LogP contribution in [0.5, 0.6) is 0 Å². The Labute approximate surface area is 142 Å². The molecule has 0 saturated carbocycles. The van der Waals surface area contributed by atoms with Gasteiger partial charge in [-0.15, -0.1) is 12.4 Å². The summed E-state index contributed by atoms with van der Waals surface area (Å²) in [6, 6.07) is 9.38. The van der Waals surface area contributed by atoms with Crippen molar-refractivity contribution >= 4 is 24.2 Å². The average Bonchev–Trinajstić information content (AvgIpc) is 2.92. The first-order chi connectivity index (χ1) is 10.6. The van der Waals surface area contributed by atoms with E-state index in [1.165, 1.54) is 0 Å². The summed E-state index contributed by atoms with van der Waals surface area (Å²) in [6.45, 7) is 1.84. The number of benzene rings is 1. The fourth-order valence-corrected chi connectivity index (χ4v) is 2.54. The molecule has 2 unspecified atom stereocenters. The average molecular weight is 342 g/mol. The van der Waals surface area contributed by atoms with Crippen LogP contribution in [0.2, 0.25) is 0 Å². The minimum absolute atomic E-state index is 0. The molecule has 3 N–H and O–H groups in total. The van der Waals surface area contributed by atoms with Gasteiger partial charge in [-0.25, -0.2) is 0 Å². The van der Waals surface area contributed by atoms with Crippen molar-refractivity contribution in [2.75, 3.05) is 33.4 Å². The van der Waals surface area contributed by atoms with Gasteiger partial charge in [-0.3, -0.25) is 9.59 Å². The summed E-state index contributed by atoms with van der Waals surface area (Å²) in [5.41, 5.74) is 7.03. The third-order valence-corrected chi connectivity index (χ3v) is 3.87. The molecule has 6 nitrogen and oxygen atoms in total. The van der Waals surface area contributed by atoms with E-state index in [0.717, 1.165) is 5.56 Å². The summed E-state index contributed by atoms with van der Waals surface area (Å²) >= 11 is 0. The highest BCUT2D eigenvalue weighted by Gasteiger charge is 2.33. The maximum absolute atomic E-state index is 12.2. The summed E-state index contributed by atoms with van der Waals surface area (Å²) in [6.07, 6.45) is 0.260. The Hall–Kier alpha value is -1.63. The van der Waals surface area contributed by atoms with Crippen molar-refractivity contribution in [1.29, 1.82) is 0 Å². The van der Waals surface area contributed by atoms with Gasteiger partial charge in [0.05, 0.1) is 12.5 Å². The van der Waals surface area contributed by atoms with Crippen LogP contribution in [-0.4, -0.2) is 50.1 Å². The van der Waals surface area contributed by atoms with Gasteiger partial charge >= 0.3 is 0 Å². The molecule has 0 radical (unpaired) electrons. The van der Waals surface area contributed by atoms with Crippen LogP contribution < -0.4 is 11.1 Å². The number of hydrogen-bond donors (Lipinski definition) is 2. The van der Waals surface area contributed by atoms with E-state index >= 15 is 0 Å². The predicted molar refractivity (Wildman–Crippen MR) is 90.2 cm³/mol. The quantitative estimate of drug-likeness (QED) is 0.765. The van der Waals surface area contributed by atoms with Crippen molar-refractivity contribution in [3.8, 4) is 0 Å². The van der Waals surface area contributed by atoms with E-state index in [1.54, 1.807) is 12.0 Å². The van der Waals surface area contributed by atoms with Crippen LogP contribution in [0.1, 0.15) is 18.0 Å². The Morgan fingerprint density at radius 1 is 1.43 bits per heavy atom. The number of nitrogens with one attached hydrogen (secondary N) is 1. The lowest BCUT2D eigenvalue weighted by atomic mass is 10.1. The number of amides is 2. The summed E-state index contributed by atoms with van der Waals surface area (Å²) in [5, 5.41) is 2.85. The maximum atomic E-state index is 12.2. The van der Waals surface area contributed by atoms with E-state index in [1.807, 2.05) is 30.3 Å². The standard InChI is InChI=1S/C16H23N3O3.ClH/c1-22-8-7-19-11-13(9-15(19)20)16(21)18-10-14(17)12-5-3-2-4-6-12;/h2-6,13-14H,7-11,17H2,1H3,(H,18,21);1H. The molecule has 1 fully saturated rings. The van der Waals surface area contributed by atoms with Crippen LogP contribution in [-0.2, 0) is 14.3 Å². The SMILES string of the molecule is COCCN1CC(C(=O)NCC(N)c2ccccc2)CC1=O.Cl. The minimum Gasteiger partial charge on any atom is -0.383 e. The molecule has 2 amide bonds. The third-order valence-electron chi connectivity index (χ3n) is 3.87. The van der Waals surface area contributed by atoms with Crippen molar-refractivity contribution < 1.29 is 14.3 Å². The third kappa shape index (κ3) is 5.49. The number of likely N-dealkylation sites (tertiary alicyclic amines) is 1. The molecule has 1 aromatic carbocycles. The minimum atomic E-state index is -0.299. The zero-order valence-electron chi connectivity index (χ0n) is 13.2. The summed E-state index contributed by atoms with van der Waals surface area (Å²) in [5.74, 6) is -0.406. The summed E-state index contributed by atoms with van der Waals surface area (Å²) < 4.78 is 4.96. The highest BCUT2D eigenvalue weighted by Crippen LogP contribution is 2.18. The van der Waals surface area contributed by atoms with Gasteiger partial charge in [0.2, 0.25) is 11.8 Å². The van der Waals surface area contributed by atoms with Crippen LogP contribution in [0.15, 0.2) is 30.3 Å². The Balaban J connectivity index is 0.00000264. The molecule has 1 aromatic rings. The Kier molecular flexibility index (Phi) is 8.02. The number of ether oxygens (including phenoxy) is 1. The smallest absolute Gasteiger partial charge is 0.225 e. The number of methoxy groups -OCH3 is 1. The van der Waals surface area contributed by atoms with Crippen molar-refractivity contribution in [2.45, 2.75) is 12.5 Å². The molecule has 23 heavy (non-hydrogen) atoms. The molecule has 1 heterocycles. The maximum Gasteiger partial charge on any atom is 0.225 e. The van der Waals surface area contributed by atoms with Gasteiger partial charge in [0.25, 0.3) is 0 Å². The molecule has 1 aliphatic heterocycles. The molecular formula is C16H24ClN3O3. The molecule has 2 rings (SSSR count). The first-order valence-electron chi connectivity index (χ1n) is 7.46. The van der Waals surface area contributed by atoms with E-state index in [0.29, 0.717) is 26.2 Å². The molecule has 1 saturated heterocycles. The number of halogens is 1. The zero-order valence-corrected chi connectivity index (χ0v) is 14.1. The Morgan fingerprint density at radius 3 is 2.78 bits per heavy atom. The molecular weight excluding hydrogens is 318 g/mol. The highest BCUT2D eigenvalue weighted by molar-refractivity contribution is 5.89. The molecule has 0 spiro atoms. The Bertz CT molecular complexity index is 513. The lowest BCUT2D eigenvalue weighted by Crippen LogP contribution is -2.37. The molecule has 1 aliphatic rings. The van der Waals surface area contributed by atoms with Crippen LogP contribution in [0, 0.1) is 5.92 Å². The topological polar surface area (TPSA) is 84.7 Å². The van der Waals surface area contributed by atoms with Crippen LogP contribution in [0.25, 0.3) is 0 Å². The lowest BCUT2D eigenvalue weighted by Gasteiger charge is -2.17. The Morgan fingerprint density at radius 2 is 2.13 bits per heavy atom. The number of nitrogens with two attached hydrogens (primary N) is 1. The number of carbonyl (C=O) groups is 2. The van der Waals surface area contributed by atoms with Gasteiger partial charge in [-0.1, -0.05) is 30.3 Å². The second kappa shape index (κ2) is 9.50. The largest absolute Gasteiger partial charge is 0.383 e. The van der Waals surface area contributed by atoms with Gasteiger partial charge in [0.15, 0.2) is 0 Å². The molecule has 0 aliphatic carbocycles. The van der Waals surface area contributed by atoms with Crippen molar-refractivity contribution in [3.63, 3.8) is 0 Å². The zero-order chi connectivity index (χ0) is 15.9. The fraction of sp³-hybridized carbons (Fsp3) is 0.500. The van der Waals surface area contributed by atoms with Crippen LogP contribution in [0.3, 0.4) is 0 Å². The molecule has 0 bridgehead atoms. The van der Waals surface area contributed by atoms with E-state index in [4.69, 9.17) is 10.5 Å². The van der Waals surface area contributed by atoms with Crippen molar-refractivity contribution in [1.82, 2.24) is 10.2 Å². The first-order valence-corrected chi connectivity index (χ1v) is 7.46. The lowest BCUT2D eigenvalue weighted by molar-refractivity contribution is -0.129. The number of carbonyl (C=O) groups excluding carboxylic acids is 2. The van der Waals surface area contributed by atoms with E-state index < -0.39 is 0 Å². The van der Waals surface area contributed by atoms with Crippen molar-refractivity contribution in [2.24, 2.45) is 11.7 Å². The normalized spacial score (nSPS) is 18.4. The number of nitrogens with zero attached hydrogens (tertiary/aromatic N) is 1. The number of rotatable bonds is 7. The second-order valence-electron chi connectivity index (χ2n) is 5.50. The highest BCUT2D eigenvalue weighted by atomic mass is 35.5. The molecule has 7 heteroatoms. The van der Waals surface area contributed by atoms with Crippen LogP contribution >= 0.6 is 12.4 Å². The number of hydrogen-bond acceptors (Lipinski definition) is 4. The van der Waals surface area contributed by atoms with Gasteiger partial charge in [-0.2, -0.15) is 0 Å². The van der Waals surface area contributed by atoms with Crippen molar-refractivity contribution in [3.05, 3.63) is 35.9 Å². The van der Waals surface area contributed by atoms with Gasteiger partial charge in [0, 0.05) is 39.2 Å². The van der Waals surface area contributed by atoms with Gasteiger partial charge < -0.3 is 20.7 Å². The second-order valence-corrected chi connectivity index (χ2v) is 5.50. The molecule has 2 atom stereocenters. The van der Waals surface area contributed by atoms with Gasteiger partial charge in [-0.05, 0) is 5.56 Å². The molecule has 0 aromatic heterocycles. The van der Waals surface area contributed by atoms with Gasteiger partial charge in [0.1, 0.15) is 0 Å². The van der Waals surface area contributed by atoms with E-state index in [-0.39, 0.29) is 42.6 Å². The fourth-order valence-electron chi connectivity index (χ4n) is 2.54. The summed E-state index contributed by atoms with van der Waals surface area (Å²) in [7, 11) is 1.59. The van der Waals surface area contributed by atoms with Crippen LogP contribution in [0.4, 0.5) is 0 Å². The van der Waals surface area contributed by atoms with E-state index in [9.17, 15) is 9.59 Å². The first kappa shape index (κ1) is 19.4. The predicted octanol–water partition coefficient (Wildman–Crippen LogP) is 0.719.